The molecule has 0 bridgehead atoms. The topological polar surface area (TPSA) is 34.1 Å². The van der Waals surface area contributed by atoms with Crippen LogP contribution in [-0.4, -0.2) is 12.1 Å². The second-order valence-corrected chi connectivity index (χ2v) is 4.34. The van der Waals surface area contributed by atoms with Crippen molar-refractivity contribution >= 4 is 12.1 Å². The number of ketones is 1. The first-order chi connectivity index (χ1) is 5.50. The second kappa shape index (κ2) is 3.00. The van der Waals surface area contributed by atoms with Gasteiger partial charge in [0.2, 0.25) is 0 Å². The summed E-state index contributed by atoms with van der Waals surface area (Å²) in [5.74, 6) is 1.13. The fraction of sp³-hybridized carbons (Fsp3) is 0.800. The number of hydrogen-bond acceptors (Lipinski definition) is 2. The van der Waals surface area contributed by atoms with Gasteiger partial charge in [0.05, 0.1) is 0 Å². The Hall–Kier alpha value is -0.660. The number of Topliss-reactive ketones (excluding diaryl/α,β-unsaturated/α-hetero) is 1. The van der Waals surface area contributed by atoms with E-state index in [2.05, 4.69) is 13.8 Å². The maximum atomic E-state index is 10.8. The van der Waals surface area contributed by atoms with Gasteiger partial charge in [-0.3, -0.25) is 0 Å². The zero-order valence-corrected chi connectivity index (χ0v) is 7.96. The molecule has 0 aromatic heterocycles. The van der Waals surface area contributed by atoms with E-state index in [4.69, 9.17) is 0 Å². The Morgan fingerprint density at radius 3 is 2.42 bits per heavy atom. The fourth-order valence-electron chi connectivity index (χ4n) is 2.14. The molecule has 0 heterocycles. The van der Waals surface area contributed by atoms with Gasteiger partial charge in [0, 0.05) is 12.8 Å². The lowest BCUT2D eigenvalue weighted by atomic mass is 10.1. The van der Waals surface area contributed by atoms with Gasteiger partial charge in [-0.1, -0.05) is 13.8 Å². The summed E-state index contributed by atoms with van der Waals surface area (Å²) in [6.45, 7) is 5.88. The molecular formula is C10H16O2. The fourth-order valence-corrected chi connectivity index (χ4v) is 2.14. The van der Waals surface area contributed by atoms with E-state index in [-0.39, 0.29) is 11.2 Å². The van der Waals surface area contributed by atoms with Crippen LogP contribution in [0.25, 0.3) is 0 Å². The van der Waals surface area contributed by atoms with Gasteiger partial charge in [-0.15, -0.1) is 0 Å². The molecule has 0 unspecified atom stereocenters. The molecule has 0 saturated heterocycles. The normalized spacial score (nSPS) is 31.2. The van der Waals surface area contributed by atoms with E-state index in [1.54, 1.807) is 6.92 Å². The first-order valence-corrected chi connectivity index (χ1v) is 4.43. The first-order valence-electron chi connectivity index (χ1n) is 4.43. The van der Waals surface area contributed by atoms with Crippen molar-refractivity contribution in [2.75, 3.05) is 0 Å². The molecule has 68 valence electrons. The van der Waals surface area contributed by atoms with Crippen LogP contribution in [0.5, 0.6) is 0 Å². The molecule has 2 nitrogen and oxygen atoms in total. The van der Waals surface area contributed by atoms with Crippen molar-refractivity contribution in [2.45, 2.75) is 33.6 Å². The Bertz CT molecular complexity index is 206. The monoisotopic (exact) mass is 168 g/mol. The van der Waals surface area contributed by atoms with Crippen molar-refractivity contribution in [1.82, 2.24) is 0 Å². The summed E-state index contributed by atoms with van der Waals surface area (Å²) >= 11 is 0. The highest BCUT2D eigenvalue weighted by atomic mass is 16.1. The quantitative estimate of drug-likeness (QED) is 0.600. The Morgan fingerprint density at radius 2 is 2.00 bits per heavy atom. The number of aldehydes is 1. The summed E-state index contributed by atoms with van der Waals surface area (Å²) in [4.78, 5) is 21.1. The molecule has 0 aromatic rings. The number of rotatable bonds is 4. The SMILES string of the molecule is CC(=O)C[C@@H]1[C@H](CC=O)C1(C)C. The molecule has 0 spiro atoms. The largest absolute Gasteiger partial charge is 0.303 e. The molecule has 12 heavy (non-hydrogen) atoms. The summed E-state index contributed by atoms with van der Waals surface area (Å²) < 4.78 is 0. The maximum Gasteiger partial charge on any atom is 0.130 e. The highest BCUT2D eigenvalue weighted by molar-refractivity contribution is 5.76. The Balaban J connectivity index is 2.48. The smallest absolute Gasteiger partial charge is 0.130 e. The minimum atomic E-state index is 0.215. The molecule has 2 heteroatoms. The van der Waals surface area contributed by atoms with Crippen molar-refractivity contribution in [3.8, 4) is 0 Å². The van der Waals surface area contributed by atoms with Crippen molar-refractivity contribution in [3.63, 3.8) is 0 Å². The van der Waals surface area contributed by atoms with Gasteiger partial charge < -0.3 is 9.59 Å². The van der Waals surface area contributed by atoms with E-state index in [9.17, 15) is 9.59 Å². The van der Waals surface area contributed by atoms with Crippen LogP contribution in [0, 0.1) is 17.3 Å². The van der Waals surface area contributed by atoms with Crippen LogP contribution in [0.3, 0.4) is 0 Å². The second-order valence-electron chi connectivity index (χ2n) is 4.34. The molecule has 1 saturated carbocycles. The van der Waals surface area contributed by atoms with Gasteiger partial charge in [-0.25, -0.2) is 0 Å². The molecule has 1 fully saturated rings. The molecule has 0 amide bonds. The molecule has 1 aliphatic carbocycles. The van der Waals surface area contributed by atoms with Crippen LogP contribution in [0.1, 0.15) is 33.6 Å². The van der Waals surface area contributed by atoms with Crippen LogP contribution >= 0.6 is 0 Å². The van der Waals surface area contributed by atoms with Gasteiger partial charge in [0.15, 0.2) is 0 Å². The lowest BCUT2D eigenvalue weighted by Crippen LogP contribution is -1.96. The molecule has 0 aliphatic heterocycles. The predicted octanol–water partition coefficient (Wildman–Crippen LogP) is 1.83. The molecule has 0 N–H and O–H groups in total. The molecule has 0 aromatic carbocycles. The first kappa shape index (κ1) is 9.43. The van der Waals surface area contributed by atoms with Gasteiger partial charge in [0.25, 0.3) is 0 Å². The Morgan fingerprint density at radius 1 is 1.42 bits per heavy atom. The van der Waals surface area contributed by atoms with Gasteiger partial charge in [-0.2, -0.15) is 0 Å². The van der Waals surface area contributed by atoms with E-state index in [0.29, 0.717) is 24.7 Å². The average molecular weight is 168 g/mol. The van der Waals surface area contributed by atoms with Crippen LogP contribution in [0.2, 0.25) is 0 Å². The van der Waals surface area contributed by atoms with Crippen molar-refractivity contribution in [2.24, 2.45) is 17.3 Å². The third-order valence-electron chi connectivity index (χ3n) is 3.15. The van der Waals surface area contributed by atoms with Gasteiger partial charge in [-0.05, 0) is 24.2 Å². The number of carbonyl (C=O) groups excluding carboxylic acids is 2. The highest BCUT2D eigenvalue weighted by Gasteiger charge is 2.56. The van der Waals surface area contributed by atoms with E-state index in [1.807, 2.05) is 0 Å². The standard InChI is InChI=1S/C10H16O2/c1-7(12)6-9-8(4-5-11)10(9,2)3/h5,8-9H,4,6H2,1-3H3/t8-,9+/m0/s1. The Kier molecular flexibility index (Phi) is 2.36. The van der Waals surface area contributed by atoms with E-state index < -0.39 is 0 Å². The zero-order chi connectivity index (χ0) is 9.35. The summed E-state index contributed by atoms with van der Waals surface area (Å²) in [5, 5.41) is 0. The third kappa shape index (κ3) is 1.57. The maximum absolute atomic E-state index is 10.8. The summed E-state index contributed by atoms with van der Waals surface area (Å²) in [5.41, 5.74) is 0.215. The lowest BCUT2D eigenvalue weighted by Gasteiger charge is -1.98. The molecule has 2 atom stereocenters. The Labute approximate surface area is 73.3 Å². The minimum absolute atomic E-state index is 0.215. The van der Waals surface area contributed by atoms with Crippen LogP contribution in [-0.2, 0) is 9.59 Å². The zero-order valence-electron chi connectivity index (χ0n) is 7.96. The third-order valence-corrected chi connectivity index (χ3v) is 3.15. The average Bonchev–Trinajstić information content (AvgIpc) is 2.39. The molecule has 0 radical (unpaired) electrons. The van der Waals surface area contributed by atoms with Crippen molar-refractivity contribution < 1.29 is 9.59 Å². The predicted molar refractivity (Wildman–Crippen MR) is 46.7 cm³/mol. The highest BCUT2D eigenvalue weighted by Crippen LogP contribution is 2.61. The summed E-state index contributed by atoms with van der Waals surface area (Å²) in [6, 6.07) is 0. The molecule has 1 aliphatic rings. The number of carbonyl (C=O) groups is 2. The lowest BCUT2D eigenvalue weighted by molar-refractivity contribution is -0.117. The van der Waals surface area contributed by atoms with Crippen LogP contribution in [0.15, 0.2) is 0 Å². The van der Waals surface area contributed by atoms with Crippen LogP contribution < -0.4 is 0 Å². The van der Waals surface area contributed by atoms with E-state index >= 15 is 0 Å². The molecule has 1 rings (SSSR count). The van der Waals surface area contributed by atoms with Crippen molar-refractivity contribution in [3.05, 3.63) is 0 Å². The minimum Gasteiger partial charge on any atom is -0.303 e. The van der Waals surface area contributed by atoms with Gasteiger partial charge >= 0.3 is 0 Å². The summed E-state index contributed by atoms with van der Waals surface area (Å²) in [7, 11) is 0. The van der Waals surface area contributed by atoms with Gasteiger partial charge in [0.1, 0.15) is 12.1 Å². The van der Waals surface area contributed by atoms with Crippen LogP contribution in [0.4, 0.5) is 0 Å². The number of hydrogen-bond donors (Lipinski definition) is 0. The van der Waals surface area contributed by atoms with Crippen molar-refractivity contribution in [1.29, 1.82) is 0 Å². The summed E-state index contributed by atoms with van der Waals surface area (Å²) in [6.07, 6.45) is 2.23. The van der Waals surface area contributed by atoms with E-state index in [0.717, 1.165) is 6.29 Å². The molecular weight excluding hydrogens is 152 g/mol. The van der Waals surface area contributed by atoms with E-state index in [1.165, 1.54) is 0 Å².